The van der Waals surface area contributed by atoms with Gasteiger partial charge in [-0.25, -0.2) is 0 Å². The molecule has 0 amide bonds. The van der Waals surface area contributed by atoms with Crippen molar-refractivity contribution >= 4 is 0 Å². The Labute approximate surface area is 56.1 Å². The minimum absolute atomic E-state index is 0.345. The van der Waals surface area contributed by atoms with Crippen molar-refractivity contribution in [2.24, 2.45) is 5.92 Å². The molecule has 2 nitrogen and oxygen atoms in total. The van der Waals surface area contributed by atoms with Gasteiger partial charge in [0.25, 0.3) is 0 Å². The molecule has 0 unspecified atom stereocenters. The molecule has 1 fully saturated rings. The summed E-state index contributed by atoms with van der Waals surface area (Å²) in [6.45, 7) is 0. The fourth-order valence-electron chi connectivity index (χ4n) is 1.11. The summed E-state index contributed by atoms with van der Waals surface area (Å²) in [5, 5.41) is 8.42. The molecule has 0 bridgehead atoms. The van der Waals surface area contributed by atoms with Gasteiger partial charge in [-0.3, -0.25) is 0 Å². The van der Waals surface area contributed by atoms with Crippen molar-refractivity contribution in [3.8, 4) is 6.07 Å². The van der Waals surface area contributed by atoms with Crippen molar-refractivity contribution in [1.29, 1.82) is 5.26 Å². The van der Waals surface area contributed by atoms with Gasteiger partial charge < -0.3 is 4.90 Å². The van der Waals surface area contributed by atoms with Crippen LogP contribution in [-0.4, -0.2) is 25.0 Å². The van der Waals surface area contributed by atoms with Crippen molar-refractivity contribution in [2.45, 2.75) is 18.9 Å². The molecule has 0 heterocycles. The number of nitriles is 1. The van der Waals surface area contributed by atoms with Crippen LogP contribution in [0.15, 0.2) is 0 Å². The Bertz CT molecular complexity index is 128. The highest BCUT2D eigenvalue weighted by atomic mass is 15.1. The molecular weight excluding hydrogens is 112 g/mol. The fourth-order valence-corrected chi connectivity index (χ4v) is 1.11. The average molecular weight is 124 g/mol. The summed E-state index contributed by atoms with van der Waals surface area (Å²) in [4.78, 5) is 2.19. The van der Waals surface area contributed by atoms with Crippen LogP contribution in [-0.2, 0) is 0 Å². The van der Waals surface area contributed by atoms with Crippen LogP contribution in [0.3, 0.4) is 0 Å². The van der Waals surface area contributed by atoms with Crippen LogP contribution in [0.25, 0.3) is 0 Å². The summed E-state index contributed by atoms with van der Waals surface area (Å²) >= 11 is 0. The summed E-state index contributed by atoms with van der Waals surface area (Å²) in [6.07, 6.45) is 2.15. The van der Waals surface area contributed by atoms with Gasteiger partial charge in [-0.05, 0) is 26.9 Å². The van der Waals surface area contributed by atoms with E-state index in [0.29, 0.717) is 12.0 Å². The van der Waals surface area contributed by atoms with Crippen LogP contribution in [0.2, 0.25) is 0 Å². The molecule has 1 saturated carbocycles. The summed E-state index contributed by atoms with van der Waals surface area (Å²) < 4.78 is 0. The lowest BCUT2D eigenvalue weighted by Gasteiger charge is -2.35. The van der Waals surface area contributed by atoms with Crippen molar-refractivity contribution in [3.63, 3.8) is 0 Å². The van der Waals surface area contributed by atoms with E-state index in [-0.39, 0.29) is 0 Å². The first-order chi connectivity index (χ1) is 4.24. The van der Waals surface area contributed by atoms with Gasteiger partial charge in [0, 0.05) is 12.0 Å². The van der Waals surface area contributed by atoms with Crippen LogP contribution in [0, 0.1) is 17.2 Å². The molecular formula is C7H12N2. The van der Waals surface area contributed by atoms with Gasteiger partial charge in [0.1, 0.15) is 0 Å². The zero-order valence-corrected chi connectivity index (χ0v) is 5.96. The highest BCUT2D eigenvalue weighted by Crippen LogP contribution is 2.29. The highest BCUT2D eigenvalue weighted by molar-refractivity contribution is 4.97. The van der Waals surface area contributed by atoms with E-state index in [1.807, 2.05) is 0 Å². The van der Waals surface area contributed by atoms with E-state index in [2.05, 4.69) is 25.1 Å². The monoisotopic (exact) mass is 124 g/mol. The Hall–Kier alpha value is -0.550. The Morgan fingerprint density at radius 2 is 2.00 bits per heavy atom. The fraction of sp³-hybridized carbons (Fsp3) is 0.857. The molecule has 1 aliphatic rings. The predicted molar refractivity (Wildman–Crippen MR) is 35.8 cm³/mol. The molecule has 2 heteroatoms. The quantitative estimate of drug-likeness (QED) is 0.518. The van der Waals surface area contributed by atoms with Gasteiger partial charge in [-0.15, -0.1) is 0 Å². The minimum atomic E-state index is 0.345. The van der Waals surface area contributed by atoms with Crippen molar-refractivity contribution in [3.05, 3.63) is 0 Å². The van der Waals surface area contributed by atoms with Crippen LogP contribution in [0.5, 0.6) is 0 Å². The Balaban J connectivity index is 2.21. The summed E-state index contributed by atoms with van der Waals surface area (Å²) in [7, 11) is 4.14. The van der Waals surface area contributed by atoms with Gasteiger partial charge in [0.05, 0.1) is 6.07 Å². The number of hydrogen-bond acceptors (Lipinski definition) is 2. The van der Waals surface area contributed by atoms with Crippen LogP contribution in [0.1, 0.15) is 12.8 Å². The Kier molecular flexibility index (Phi) is 1.73. The number of nitrogens with zero attached hydrogens (tertiary/aromatic N) is 2. The minimum Gasteiger partial charge on any atom is -0.306 e. The van der Waals surface area contributed by atoms with Gasteiger partial charge in [-0.1, -0.05) is 0 Å². The molecule has 0 aliphatic heterocycles. The van der Waals surface area contributed by atoms with Gasteiger partial charge >= 0.3 is 0 Å². The second-order valence-corrected chi connectivity index (χ2v) is 2.91. The second-order valence-electron chi connectivity index (χ2n) is 2.91. The lowest BCUT2D eigenvalue weighted by Crippen LogP contribution is -2.39. The number of rotatable bonds is 1. The summed E-state index contributed by atoms with van der Waals surface area (Å²) in [5.74, 6) is 0.345. The average Bonchev–Trinajstić information content (AvgIpc) is 1.61. The van der Waals surface area contributed by atoms with E-state index in [1.165, 1.54) is 0 Å². The maximum atomic E-state index is 8.42. The third-order valence-electron chi connectivity index (χ3n) is 2.03. The van der Waals surface area contributed by atoms with Crippen molar-refractivity contribution in [1.82, 2.24) is 4.90 Å². The molecule has 1 rings (SSSR count). The van der Waals surface area contributed by atoms with Gasteiger partial charge in [0.2, 0.25) is 0 Å². The lowest BCUT2D eigenvalue weighted by molar-refractivity contribution is 0.155. The van der Waals surface area contributed by atoms with E-state index >= 15 is 0 Å². The molecule has 0 N–H and O–H groups in total. The van der Waals surface area contributed by atoms with E-state index in [0.717, 1.165) is 12.8 Å². The first-order valence-electron chi connectivity index (χ1n) is 3.30. The molecule has 1 aliphatic carbocycles. The largest absolute Gasteiger partial charge is 0.306 e. The normalized spacial score (nSPS) is 33.6. The van der Waals surface area contributed by atoms with E-state index < -0.39 is 0 Å². The Morgan fingerprint density at radius 1 is 1.44 bits per heavy atom. The second kappa shape index (κ2) is 2.36. The zero-order valence-electron chi connectivity index (χ0n) is 5.96. The van der Waals surface area contributed by atoms with E-state index in [1.54, 1.807) is 0 Å². The first-order valence-corrected chi connectivity index (χ1v) is 3.30. The molecule has 9 heavy (non-hydrogen) atoms. The van der Waals surface area contributed by atoms with Crippen molar-refractivity contribution < 1.29 is 0 Å². The van der Waals surface area contributed by atoms with Crippen LogP contribution in [0.4, 0.5) is 0 Å². The van der Waals surface area contributed by atoms with E-state index in [9.17, 15) is 0 Å². The molecule has 50 valence electrons. The highest BCUT2D eigenvalue weighted by Gasteiger charge is 2.29. The topological polar surface area (TPSA) is 27.0 Å². The molecule has 0 aromatic heterocycles. The van der Waals surface area contributed by atoms with Gasteiger partial charge in [-0.2, -0.15) is 5.26 Å². The first kappa shape index (κ1) is 6.57. The Morgan fingerprint density at radius 3 is 2.33 bits per heavy atom. The van der Waals surface area contributed by atoms with Gasteiger partial charge in [0.15, 0.2) is 0 Å². The zero-order chi connectivity index (χ0) is 6.85. The molecule has 0 radical (unpaired) electrons. The molecule has 0 saturated heterocycles. The number of hydrogen-bond donors (Lipinski definition) is 0. The summed E-state index contributed by atoms with van der Waals surface area (Å²) in [5.41, 5.74) is 0. The molecule has 0 atom stereocenters. The van der Waals surface area contributed by atoms with E-state index in [4.69, 9.17) is 5.26 Å². The third kappa shape index (κ3) is 1.22. The van der Waals surface area contributed by atoms with Crippen molar-refractivity contribution in [2.75, 3.05) is 14.1 Å². The third-order valence-corrected chi connectivity index (χ3v) is 2.03. The molecule has 0 spiro atoms. The SMILES string of the molecule is CN(C)C1CC(C#N)C1. The molecule has 0 aromatic carbocycles. The lowest BCUT2D eigenvalue weighted by atomic mass is 9.81. The predicted octanol–water partition coefficient (Wildman–Crippen LogP) is 0.850. The van der Waals surface area contributed by atoms with Crippen LogP contribution >= 0.6 is 0 Å². The maximum absolute atomic E-state index is 8.42. The standard InChI is InChI=1S/C7H12N2/c1-9(2)7-3-6(4-7)5-8/h6-7H,3-4H2,1-2H3. The smallest absolute Gasteiger partial charge is 0.0657 e. The van der Waals surface area contributed by atoms with Crippen LogP contribution < -0.4 is 0 Å². The summed E-state index contributed by atoms with van der Waals surface area (Å²) in [6, 6.07) is 2.94. The maximum Gasteiger partial charge on any atom is 0.0657 e. The molecule has 0 aromatic rings.